The van der Waals surface area contributed by atoms with Crippen molar-refractivity contribution in [1.82, 2.24) is 15.2 Å². The van der Waals surface area contributed by atoms with E-state index < -0.39 is 5.97 Å². The lowest BCUT2D eigenvalue weighted by Gasteiger charge is -2.32. The number of hydrogen-bond donors (Lipinski definition) is 2. The average Bonchev–Trinajstić information content (AvgIpc) is 3.03. The average molecular weight is 397 g/mol. The number of esters is 1. The van der Waals surface area contributed by atoms with Crippen LogP contribution in [0.25, 0.3) is 0 Å². The molecule has 29 heavy (non-hydrogen) atoms. The molecule has 2 aromatic rings. The van der Waals surface area contributed by atoms with Gasteiger partial charge in [0.1, 0.15) is 5.69 Å². The molecule has 2 N–H and O–H groups in total. The summed E-state index contributed by atoms with van der Waals surface area (Å²) >= 11 is 0. The van der Waals surface area contributed by atoms with Crippen LogP contribution < -0.4 is 5.32 Å². The molecule has 0 aliphatic carbocycles. The summed E-state index contributed by atoms with van der Waals surface area (Å²) in [6.07, 6.45) is 1.38. The first-order valence-corrected chi connectivity index (χ1v) is 9.93. The van der Waals surface area contributed by atoms with E-state index in [9.17, 15) is 14.4 Å². The van der Waals surface area contributed by atoms with Gasteiger partial charge in [-0.15, -0.1) is 0 Å². The molecule has 2 heterocycles. The normalized spacial score (nSPS) is 14.5. The summed E-state index contributed by atoms with van der Waals surface area (Å²) in [5.41, 5.74) is 2.74. The lowest BCUT2D eigenvalue weighted by molar-refractivity contribution is 0.0524. The number of nitrogens with one attached hydrogen (secondary N) is 2. The van der Waals surface area contributed by atoms with Gasteiger partial charge >= 0.3 is 5.97 Å². The summed E-state index contributed by atoms with van der Waals surface area (Å²) in [6.45, 7) is 6.66. The number of benzene rings is 1. The Morgan fingerprint density at radius 2 is 1.79 bits per heavy atom. The van der Waals surface area contributed by atoms with E-state index >= 15 is 0 Å². The number of ether oxygens (including phenoxy) is 1. The van der Waals surface area contributed by atoms with Crippen LogP contribution in [0.2, 0.25) is 0 Å². The lowest BCUT2D eigenvalue weighted by Crippen LogP contribution is -2.46. The van der Waals surface area contributed by atoms with Gasteiger partial charge in [-0.25, -0.2) is 4.79 Å². The maximum atomic E-state index is 13.0. The molecular weight excluding hydrogens is 370 g/mol. The predicted molar refractivity (Wildman–Crippen MR) is 109 cm³/mol. The van der Waals surface area contributed by atoms with E-state index in [-0.39, 0.29) is 24.5 Å². The van der Waals surface area contributed by atoms with Gasteiger partial charge in [0.2, 0.25) is 0 Å². The number of piperidine rings is 1. The minimum absolute atomic E-state index is 0.0355. The molecule has 1 aromatic heterocycles. The first-order chi connectivity index (χ1) is 13.9. The van der Waals surface area contributed by atoms with Crippen molar-refractivity contribution in [2.75, 3.05) is 19.7 Å². The second-order valence-corrected chi connectivity index (χ2v) is 7.25. The Hall–Kier alpha value is -3.09. The van der Waals surface area contributed by atoms with Gasteiger partial charge in [-0.2, -0.15) is 0 Å². The fraction of sp³-hybridized carbons (Fsp3) is 0.409. The van der Waals surface area contributed by atoms with Gasteiger partial charge in [0.15, 0.2) is 0 Å². The molecule has 3 rings (SSSR count). The zero-order chi connectivity index (χ0) is 21.0. The van der Waals surface area contributed by atoms with Crippen LogP contribution in [0.15, 0.2) is 30.3 Å². The number of aryl methyl sites for hydroxylation is 1. The number of likely N-dealkylation sites (tertiary alicyclic amines) is 1. The molecule has 1 aliphatic rings. The van der Waals surface area contributed by atoms with E-state index in [2.05, 4.69) is 10.3 Å². The number of carbonyl (C=O) groups is 3. The van der Waals surface area contributed by atoms with Crippen molar-refractivity contribution in [1.29, 1.82) is 0 Å². The molecule has 1 saturated heterocycles. The molecule has 1 fully saturated rings. The van der Waals surface area contributed by atoms with Gasteiger partial charge in [0, 0.05) is 30.4 Å². The Balaban J connectivity index is 1.61. The maximum absolute atomic E-state index is 13.0. The quantitative estimate of drug-likeness (QED) is 0.759. The highest BCUT2D eigenvalue weighted by molar-refractivity contribution is 6.00. The Morgan fingerprint density at radius 1 is 1.14 bits per heavy atom. The Bertz CT molecular complexity index is 896. The van der Waals surface area contributed by atoms with Crippen molar-refractivity contribution in [3.8, 4) is 0 Å². The SMILES string of the molecule is CCOC(=O)c1c(C)[nH]c(C(=O)N2CCC(NC(=O)c3ccccc3)CC2)c1C. The third-order valence-corrected chi connectivity index (χ3v) is 5.28. The van der Waals surface area contributed by atoms with E-state index in [0.717, 1.165) is 0 Å². The molecule has 7 heteroatoms. The standard InChI is InChI=1S/C22H27N3O4/c1-4-29-22(28)18-14(2)19(23-15(18)3)21(27)25-12-10-17(11-13-25)24-20(26)16-8-6-5-7-9-16/h5-9,17,23H,4,10-13H2,1-3H3,(H,24,26). The molecule has 2 amide bonds. The molecule has 1 aromatic carbocycles. The number of nitrogens with zero attached hydrogens (tertiary/aromatic N) is 1. The highest BCUT2D eigenvalue weighted by Gasteiger charge is 2.29. The third-order valence-electron chi connectivity index (χ3n) is 5.28. The zero-order valence-electron chi connectivity index (χ0n) is 17.1. The van der Waals surface area contributed by atoms with Crippen LogP contribution in [0.3, 0.4) is 0 Å². The minimum Gasteiger partial charge on any atom is -0.462 e. The fourth-order valence-corrected chi connectivity index (χ4v) is 3.72. The lowest BCUT2D eigenvalue weighted by atomic mass is 10.0. The van der Waals surface area contributed by atoms with Crippen molar-refractivity contribution in [2.24, 2.45) is 0 Å². The Morgan fingerprint density at radius 3 is 2.41 bits per heavy atom. The van der Waals surface area contributed by atoms with Crippen LogP contribution in [-0.2, 0) is 4.74 Å². The molecule has 0 atom stereocenters. The summed E-state index contributed by atoms with van der Waals surface area (Å²) < 4.78 is 5.09. The number of aromatic amines is 1. The number of carbonyl (C=O) groups excluding carboxylic acids is 3. The monoisotopic (exact) mass is 397 g/mol. The van der Waals surface area contributed by atoms with E-state index in [4.69, 9.17) is 4.74 Å². The van der Waals surface area contributed by atoms with Crippen molar-refractivity contribution in [3.05, 3.63) is 58.4 Å². The highest BCUT2D eigenvalue weighted by Crippen LogP contribution is 2.22. The molecule has 0 bridgehead atoms. The number of H-pyrrole nitrogens is 1. The predicted octanol–water partition coefficient (Wildman–Crippen LogP) is 2.84. The van der Waals surface area contributed by atoms with E-state index in [1.165, 1.54) is 0 Å². The maximum Gasteiger partial charge on any atom is 0.340 e. The number of amides is 2. The highest BCUT2D eigenvalue weighted by atomic mass is 16.5. The second-order valence-electron chi connectivity index (χ2n) is 7.25. The van der Waals surface area contributed by atoms with Gasteiger partial charge < -0.3 is 19.9 Å². The van der Waals surface area contributed by atoms with Crippen LogP contribution in [0.1, 0.15) is 62.2 Å². The van der Waals surface area contributed by atoms with Crippen LogP contribution in [-0.4, -0.2) is 53.4 Å². The summed E-state index contributed by atoms with van der Waals surface area (Å²) in [5.74, 6) is -0.639. The summed E-state index contributed by atoms with van der Waals surface area (Å²) in [7, 11) is 0. The summed E-state index contributed by atoms with van der Waals surface area (Å²) in [5, 5.41) is 3.04. The number of hydrogen-bond acceptors (Lipinski definition) is 4. The topological polar surface area (TPSA) is 91.5 Å². The van der Waals surface area contributed by atoms with E-state index in [1.807, 2.05) is 18.2 Å². The third kappa shape index (κ3) is 4.50. The summed E-state index contributed by atoms with van der Waals surface area (Å²) in [4.78, 5) is 42.3. The molecule has 0 saturated carbocycles. The van der Waals surface area contributed by atoms with Crippen LogP contribution in [0.5, 0.6) is 0 Å². The van der Waals surface area contributed by atoms with Crippen molar-refractivity contribution in [2.45, 2.75) is 39.7 Å². The number of aromatic nitrogens is 1. The van der Waals surface area contributed by atoms with Crippen molar-refractivity contribution in [3.63, 3.8) is 0 Å². The second kappa shape index (κ2) is 8.94. The minimum atomic E-state index is -0.417. The molecule has 1 aliphatic heterocycles. The molecule has 154 valence electrons. The van der Waals surface area contributed by atoms with Crippen molar-refractivity contribution >= 4 is 17.8 Å². The van der Waals surface area contributed by atoms with Gasteiger partial charge in [-0.1, -0.05) is 18.2 Å². The van der Waals surface area contributed by atoms with Gasteiger partial charge in [0.05, 0.1) is 12.2 Å². The first-order valence-electron chi connectivity index (χ1n) is 9.93. The molecular formula is C22H27N3O4. The van der Waals surface area contributed by atoms with Crippen LogP contribution >= 0.6 is 0 Å². The van der Waals surface area contributed by atoms with Crippen LogP contribution in [0.4, 0.5) is 0 Å². The Labute approximate surface area is 170 Å². The molecule has 0 spiro atoms. The van der Waals surface area contributed by atoms with Gasteiger partial charge in [0.25, 0.3) is 11.8 Å². The van der Waals surface area contributed by atoms with E-state index in [1.54, 1.807) is 37.8 Å². The van der Waals surface area contributed by atoms with Gasteiger partial charge in [-0.3, -0.25) is 9.59 Å². The van der Waals surface area contributed by atoms with Crippen LogP contribution in [0, 0.1) is 13.8 Å². The molecule has 0 radical (unpaired) electrons. The zero-order valence-corrected chi connectivity index (χ0v) is 17.1. The summed E-state index contributed by atoms with van der Waals surface area (Å²) in [6, 6.07) is 9.14. The van der Waals surface area contributed by atoms with E-state index in [0.29, 0.717) is 54.0 Å². The smallest absolute Gasteiger partial charge is 0.340 e. The fourth-order valence-electron chi connectivity index (χ4n) is 3.72. The first kappa shape index (κ1) is 20.6. The molecule has 0 unspecified atom stereocenters. The number of rotatable bonds is 5. The Kier molecular flexibility index (Phi) is 6.36. The van der Waals surface area contributed by atoms with Crippen molar-refractivity contribution < 1.29 is 19.1 Å². The largest absolute Gasteiger partial charge is 0.462 e. The van der Waals surface area contributed by atoms with Gasteiger partial charge in [-0.05, 0) is 51.3 Å². The molecule has 7 nitrogen and oxygen atoms in total.